The molecule has 0 spiro atoms. The number of nitro groups is 1. The quantitative estimate of drug-likeness (QED) is 0.0649. The molecular weight excluding hydrogens is 886 g/mol. The summed E-state index contributed by atoms with van der Waals surface area (Å²) in [5, 5.41) is 26.7. The van der Waals surface area contributed by atoms with Crippen molar-refractivity contribution in [2.24, 2.45) is 5.41 Å². The number of ether oxygens (including phenoxy) is 3. The van der Waals surface area contributed by atoms with Gasteiger partial charge in [0.15, 0.2) is 11.4 Å². The molecule has 4 N–H and O–H groups in total. The number of halogens is 1. The number of rotatable bonds is 13. The van der Waals surface area contributed by atoms with Crippen LogP contribution >= 0.6 is 11.6 Å². The number of aliphatic hydroxyl groups excluding tert-OH is 1. The lowest BCUT2D eigenvalue weighted by Gasteiger charge is -2.39. The number of hydrogen-bond donors (Lipinski definition) is 4. The molecule has 9 rings (SSSR count). The highest BCUT2D eigenvalue weighted by Gasteiger charge is 2.34. The number of aromatic amines is 1. The van der Waals surface area contributed by atoms with E-state index in [0.29, 0.717) is 50.2 Å². The van der Waals surface area contributed by atoms with Crippen molar-refractivity contribution < 1.29 is 37.5 Å². The molecule has 2 aliphatic carbocycles. The summed E-state index contributed by atoms with van der Waals surface area (Å²) in [6.45, 7) is 8.80. The standard InChI is InChI=1S/C48H54ClN7O9S/c1-48(2)15-13-40(30-3-5-33(49)6-4-30)32(25-48)27-54-17-19-55(20-18-54)35-7-12-41(43(22-35)65-38-21-31-14-16-50-46(31)51-26-38)47(58)53-66(61,62)39-23-42(56(59)60)45-44(24-39)64-29-34(52-45)28-63-37-10-8-36(57)9-11-37/h3-7,12,14,16,21-24,26,34,36-37,52,57H,8-11,13,15,17-20,25,27-29H2,1-2H3,(H,50,51)(H,53,58)/t34-,36-,37-/m1/s1. The Hall–Kier alpha value is -5.72. The SMILES string of the molecule is CC1(C)CCC(c2ccc(Cl)cc2)=C(CN2CCN(c3ccc(C(=O)NS(=O)(=O)c4cc5c(c([N+](=O)[O-])c4)N[C@H](CO[C@H]4CC[C@H](O)CC4)CO5)c(Oc4cnc5[nH]ccc5c4)c3)CC2)C1. The fourth-order valence-corrected chi connectivity index (χ4v) is 10.6. The molecular formula is C48H54ClN7O9S. The van der Waals surface area contributed by atoms with Gasteiger partial charge in [-0.05, 0) is 97.9 Å². The van der Waals surface area contributed by atoms with Crippen LogP contribution in [0.5, 0.6) is 17.2 Å². The molecule has 5 aromatic rings. The van der Waals surface area contributed by atoms with Gasteiger partial charge in [0.05, 0.1) is 46.4 Å². The molecule has 4 heterocycles. The highest BCUT2D eigenvalue weighted by molar-refractivity contribution is 7.90. The van der Waals surface area contributed by atoms with Gasteiger partial charge in [-0.15, -0.1) is 0 Å². The van der Waals surface area contributed by atoms with Crippen LogP contribution in [0.1, 0.15) is 74.7 Å². The first kappa shape index (κ1) is 45.4. The molecule has 2 aromatic heterocycles. The lowest BCUT2D eigenvalue weighted by Crippen LogP contribution is -2.47. The zero-order valence-corrected chi connectivity index (χ0v) is 38.5. The van der Waals surface area contributed by atoms with Crippen LogP contribution in [0.15, 0.2) is 89.6 Å². The van der Waals surface area contributed by atoms with Crippen molar-refractivity contribution in [2.45, 2.75) is 81.9 Å². The van der Waals surface area contributed by atoms with Crippen LogP contribution in [0, 0.1) is 15.5 Å². The van der Waals surface area contributed by atoms with Crippen molar-refractivity contribution in [1.82, 2.24) is 19.6 Å². The number of piperazine rings is 1. The average Bonchev–Trinajstić information content (AvgIpc) is 3.77. The lowest BCUT2D eigenvalue weighted by atomic mass is 9.73. The molecule has 18 heteroatoms. The van der Waals surface area contributed by atoms with Crippen molar-refractivity contribution in [3.63, 3.8) is 0 Å². The summed E-state index contributed by atoms with van der Waals surface area (Å²) >= 11 is 6.24. The second-order valence-corrected chi connectivity index (χ2v) is 20.6. The number of carbonyl (C=O) groups excluding carboxylic acids is 1. The number of hydrogen-bond acceptors (Lipinski definition) is 13. The Balaban J connectivity index is 0.924. The number of nitrogens with zero attached hydrogens (tertiary/aromatic N) is 4. The number of allylic oxidation sites excluding steroid dienone is 1. The van der Waals surface area contributed by atoms with Gasteiger partial charge in [0, 0.05) is 73.2 Å². The smallest absolute Gasteiger partial charge is 0.297 e. The predicted octanol–water partition coefficient (Wildman–Crippen LogP) is 8.31. The number of aliphatic hydroxyl groups is 1. The molecule has 1 amide bonds. The zero-order valence-electron chi connectivity index (χ0n) is 36.9. The number of nitrogens with one attached hydrogen (secondary N) is 3. The Bertz CT molecular complexity index is 2760. The molecule has 1 atom stereocenters. The Morgan fingerprint density at radius 2 is 1.82 bits per heavy atom. The van der Waals surface area contributed by atoms with E-state index >= 15 is 0 Å². The van der Waals surface area contributed by atoms with Gasteiger partial charge in [0.25, 0.3) is 21.6 Å². The number of sulfonamides is 1. The summed E-state index contributed by atoms with van der Waals surface area (Å²) in [6.07, 6.45) is 8.76. The summed E-state index contributed by atoms with van der Waals surface area (Å²) in [7, 11) is -4.69. The summed E-state index contributed by atoms with van der Waals surface area (Å²) in [4.78, 5) is 37.3. The largest absolute Gasteiger partial charge is 0.489 e. The normalized spacial score (nSPS) is 21.2. The molecule has 1 saturated heterocycles. The summed E-state index contributed by atoms with van der Waals surface area (Å²) in [5.41, 5.74) is 5.14. The maximum absolute atomic E-state index is 14.1. The topological polar surface area (TPSA) is 201 Å². The summed E-state index contributed by atoms with van der Waals surface area (Å²) in [5.74, 6) is -0.610. The van der Waals surface area contributed by atoms with Crippen LogP contribution in [0.3, 0.4) is 0 Å². The van der Waals surface area contributed by atoms with E-state index in [0.717, 1.165) is 67.1 Å². The third-order valence-electron chi connectivity index (χ3n) is 13.1. The average molecular weight is 941 g/mol. The molecule has 1 saturated carbocycles. The summed E-state index contributed by atoms with van der Waals surface area (Å²) < 4.78 is 48.2. The Kier molecular flexibility index (Phi) is 13.0. The van der Waals surface area contributed by atoms with Crippen LogP contribution in [-0.4, -0.2) is 103 Å². The minimum absolute atomic E-state index is 0.0158. The molecule has 0 bridgehead atoms. The maximum atomic E-state index is 14.1. The molecule has 0 radical (unpaired) electrons. The van der Waals surface area contributed by atoms with E-state index < -0.39 is 37.5 Å². The van der Waals surface area contributed by atoms with E-state index in [1.807, 2.05) is 18.2 Å². The molecule has 2 aliphatic heterocycles. The fraction of sp³-hybridized carbons (Fsp3) is 0.417. The number of carbonyl (C=O) groups is 1. The molecule has 0 unspecified atom stereocenters. The highest BCUT2D eigenvalue weighted by atomic mass is 35.5. The number of H-pyrrole nitrogens is 1. The van der Waals surface area contributed by atoms with Crippen molar-refractivity contribution in [1.29, 1.82) is 0 Å². The van der Waals surface area contributed by atoms with Gasteiger partial charge in [0.2, 0.25) is 0 Å². The Morgan fingerprint density at radius 3 is 2.58 bits per heavy atom. The second kappa shape index (κ2) is 18.9. The highest BCUT2D eigenvalue weighted by Crippen LogP contribution is 2.44. The summed E-state index contributed by atoms with van der Waals surface area (Å²) in [6, 6.07) is 18.4. The first-order valence-electron chi connectivity index (χ1n) is 22.4. The number of aromatic nitrogens is 2. The lowest BCUT2D eigenvalue weighted by molar-refractivity contribution is -0.384. The minimum atomic E-state index is -4.69. The zero-order chi connectivity index (χ0) is 46.2. The third kappa shape index (κ3) is 10.3. The van der Waals surface area contributed by atoms with Gasteiger partial charge in [-0.2, -0.15) is 0 Å². The van der Waals surface area contributed by atoms with Crippen molar-refractivity contribution in [3.05, 3.63) is 111 Å². The number of fused-ring (bicyclic) bond motifs is 2. The Labute approximate surface area is 388 Å². The third-order valence-corrected chi connectivity index (χ3v) is 14.6. The molecule has 4 aliphatic rings. The van der Waals surface area contributed by atoms with Crippen molar-refractivity contribution in [3.8, 4) is 17.2 Å². The van der Waals surface area contributed by atoms with Gasteiger partial charge in [0.1, 0.15) is 23.8 Å². The monoisotopic (exact) mass is 939 g/mol. The van der Waals surface area contributed by atoms with Crippen molar-refractivity contribution >= 4 is 61.2 Å². The molecule has 16 nitrogen and oxygen atoms in total. The minimum Gasteiger partial charge on any atom is -0.489 e. The molecule has 66 heavy (non-hydrogen) atoms. The van der Waals surface area contributed by atoms with Crippen LogP contribution < -0.4 is 24.4 Å². The van der Waals surface area contributed by atoms with E-state index in [2.05, 4.69) is 55.8 Å². The first-order chi connectivity index (χ1) is 31.7. The van der Waals surface area contributed by atoms with E-state index in [4.69, 9.17) is 25.8 Å². The van der Waals surface area contributed by atoms with Gasteiger partial charge >= 0.3 is 0 Å². The van der Waals surface area contributed by atoms with Gasteiger partial charge in [-0.3, -0.25) is 19.8 Å². The van der Waals surface area contributed by atoms with E-state index in [1.165, 1.54) is 29.0 Å². The van der Waals surface area contributed by atoms with Crippen LogP contribution in [0.2, 0.25) is 5.02 Å². The van der Waals surface area contributed by atoms with E-state index in [1.54, 1.807) is 24.4 Å². The maximum Gasteiger partial charge on any atom is 0.297 e. The number of nitro benzene ring substituents is 1. The number of anilines is 2. The van der Waals surface area contributed by atoms with E-state index in [-0.39, 0.29) is 53.6 Å². The van der Waals surface area contributed by atoms with Crippen LogP contribution in [0.25, 0.3) is 16.6 Å². The predicted molar refractivity (Wildman–Crippen MR) is 252 cm³/mol. The molecule has 2 fully saturated rings. The number of pyridine rings is 1. The van der Waals surface area contributed by atoms with Gasteiger partial charge in [-0.1, -0.05) is 43.2 Å². The fourth-order valence-electron chi connectivity index (χ4n) is 9.44. The van der Waals surface area contributed by atoms with Gasteiger partial charge in [-0.25, -0.2) is 18.1 Å². The number of amides is 1. The van der Waals surface area contributed by atoms with Gasteiger partial charge < -0.3 is 34.5 Å². The molecule has 3 aromatic carbocycles. The molecule has 348 valence electrons. The van der Waals surface area contributed by atoms with E-state index in [9.17, 15) is 28.4 Å². The Morgan fingerprint density at radius 1 is 1.05 bits per heavy atom. The second-order valence-electron chi connectivity index (χ2n) is 18.5. The number of benzene rings is 3. The van der Waals surface area contributed by atoms with Crippen molar-refractivity contribution in [2.75, 3.05) is 56.2 Å². The van der Waals surface area contributed by atoms with Crippen LogP contribution in [-0.2, 0) is 14.8 Å². The first-order valence-corrected chi connectivity index (χ1v) is 24.3. The van der Waals surface area contributed by atoms with Crippen LogP contribution in [0.4, 0.5) is 17.1 Å².